The molecule has 374 valence electrons. The highest BCUT2D eigenvalue weighted by Gasteiger charge is 2.72. The van der Waals surface area contributed by atoms with Gasteiger partial charge < -0.3 is 84.6 Å². The third-order valence-electron chi connectivity index (χ3n) is 19.7. The summed E-state index contributed by atoms with van der Waals surface area (Å²) in [5, 5.41) is 122. The molecule has 65 heavy (non-hydrogen) atoms. The highest BCUT2D eigenvalue weighted by Crippen LogP contribution is 2.76. The summed E-state index contributed by atoms with van der Waals surface area (Å²) < 4.78 is 37.0. The van der Waals surface area contributed by atoms with E-state index in [9.17, 15) is 56.2 Å². The Kier molecular flexibility index (Phi) is 13.8. The van der Waals surface area contributed by atoms with Crippen LogP contribution >= 0.6 is 0 Å². The first-order chi connectivity index (χ1) is 30.3. The van der Waals surface area contributed by atoms with Crippen molar-refractivity contribution >= 4 is 0 Å². The predicted octanol–water partition coefficient (Wildman–Crippen LogP) is 0.467. The fourth-order valence-corrected chi connectivity index (χ4v) is 15.5. The van der Waals surface area contributed by atoms with Gasteiger partial charge in [0.1, 0.15) is 61.0 Å². The number of hydrogen-bond donors (Lipinski definition) is 11. The number of fused-ring (bicyclic) bond motifs is 7. The molecule has 5 aliphatic carbocycles. The summed E-state index contributed by atoms with van der Waals surface area (Å²) in [6.07, 6.45) is -17.4. The first-order valence-corrected chi connectivity index (χ1v) is 24.3. The van der Waals surface area contributed by atoms with Crippen molar-refractivity contribution in [3.63, 3.8) is 0 Å². The van der Waals surface area contributed by atoms with Crippen molar-refractivity contribution < 1.29 is 84.6 Å². The van der Waals surface area contributed by atoms with Crippen LogP contribution in [0, 0.1) is 56.7 Å². The summed E-state index contributed by atoms with van der Waals surface area (Å²) in [7, 11) is 0. The minimum atomic E-state index is -1.81. The molecule has 0 spiro atoms. The maximum absolute atomic E-state index is 12.6. The highest BCUT2D eigenvalue weighted by atomic mass is 16.8. The third kappa shape index (κ3) is 7.58. The molecule has 3 saturated heterocycles. The zero-order valence-electron chi connectivity index (χ0n) is 39.6. The van der Waals surface area contributed by atoms with Gasteiger partial charge in [-0.1, -0.05) is 60.1 Å². The van der Waals surface area contributed by atoms with Crippen LogP contribution in [0.4, 0.5) is 0 Å². The zero-order valence-corrected chi connectivity index (χ0v) is 39.6. The summed E-state index contributed by atoms with van der Waals surface area (Å²) in [4.78, 5) is 0. The molecule has 8 rings (SSSR count). The van der Waals surface area contributed by atoms with Gasteiger partial charge in [-0.25, -0.2) is 0 Å². The van der Waals surface area contributed by atoms with Gasteiger partial charge in [-0.05, 0) is 104 Å². The van der Waals surface area contributed by atoms with E-state index in [2.05, 4.69) is 54.5 Å². The standard InChI is InChI=1S/C48H80O17/c1-20-10-15-48(19-50)28(52)17-47(9)24(30(48)21(20)2)16-25(51)40-45(7)13-12-29(44(5,6)27(45)11-14-46(40,47)8)63-42-38(35(57)32(54)23(4)61-42)65-43-39(36(58)33(55)26(18-49)62-43)64-41-37(59)34(56)31(53)22(3)60-41/h16,20-23,25-43,49-59H,10-15,17-19H2,1-9H3/t20-,21-,22-,23-,25+,26+,27-,28+,29-,30-,31+,32+,33-,34-,35+,36+,37+,38+,39-,40+,41-,42-,43+,45+,46-,47+,48-/m1/s1. The quantitative estimate of drug-likeness (QED) is 0.117. The van der Waals surface area contributed by atoms with Crippen LogP contribution in [0.3, 0.4) is 0 Å². The first-order valence-electron chi connectivity index (χ1n) is 24.3. The smallest absolute Gasteiger partial charge is 0.187 e. The topological polar surface area (TPSA) is 278 Å². The van der Waals surface area contributed by atoms with Gasteiger partial charge in [-0.3, -0.25) is 0 Å². The van der Waals surface area contributed by atoms with Crippen LogP contribution in [0.1, 0.15) is 107 Å². The van der Waals surface area contributed by atoms with E-state index >= 15 is 0 Å². The number of hydrogen-bond acceptors (Lipinski definition) is 17. The maximum atomic E-state index is 12.6. The molecule has 3 heterocycles. The molecule has 0 aromatic heterocycles. The van der Waals surface area contributed by atoms with Crippen LogP contribution in [0.15, 0.2) is 11.6 Å². The Morgan fingerprint density at radius 2 is 1.22 bits per heavy atom. The number of aliphatic hydroxyl groups excluding tert-OH is 11. The summed E-state index contributed by atoms with van der Waals surface area (Å²) in [5.74, 6) is 0.463. The predicted molar refractivity (Wildman–Crippen MR) is 230 cm³/mol. The Balaban J connectivity index is 1.06. The van der Waals surface area contributed by atoms with E-state index in [1.165, 1.54) is 12.5 Å². The van der Waals surface area contributed by atoms with Crippen LogP contribution in [-0.2, 0) is 28.4 Å². The molecule has 0 aromatic carbocycles. The average molecular weight is 929 g/mol. The second-order valence-electron chi connectivity index (χ2n) is 23.2. The molecule has 0 bridgehead atoms. The van der Waals surface area contributed by atoms with E-state index in [-0.39, 0.29) is 41.1 Å². The molecule has 8 aliphatic rings. The second kappa shape index (κ2) is 17.7. The molecule has 0 aromatic rings. The lowest BCUT2D eigenvalue weighted by Gasteiger charge is -2.73. The SMILES string of the molecule is C[C@@H]1[C@H](C)CC[C@@]2(CO)[C@@H](O)C[C@@]3(C)C(=C[C@H](O)[C@H]4[C@@]5(C)CC[C@@H](O[C@H]6O[C@H](C)[C@H](O)[C@H](O)[C@@H]6O[C@@H]6O[C@@H](CO)[C@@H](O)[C@H](O)[C@H]6O[C@H]6O[C@H](C)[C@H](O)[C@@H](O)[C@@H]6O)C(C)(C)[C@H]5CC[C@]43C)[C@@H]12. The Labute approximate surface area is 383 Å². The van der Waals surface area contributed by atoms with E-state index in [4.69, 9.17) is 28.4 Å². The van der Waals surface area contributed by atoms with Crippen molar-refractivity contribution in [2.75, 3.05) is 13.2 Å². The molecule has 17 heteroatoms. The molecule has 0 amide bonds. The van der Waals surface area contributed by atoms with Crippen molar-refractivity contribution in [3.8, 4) is 0 Å². The van der Waals surface area contributed by atoms with Gasteiger partial charge in [0.25, 0.3) is 0 Å². The molecule has 7 fully saturated rings. The molecular formula is C48H80O17. The van der Waals surface area contributed by atoms with Gasteiger partial charge in [0.15, 0.2) is 18.9 Å². The van der Waals surface area contributed by atoms with Crippen molar-refractivity contribution in [1.82, 2.24) is 0 Å². The molecule has 17 nitrogen and oxygen atoms in total. The van der Waals surface area contributed by atoms with E-state index in [1.54, 1.807) is 6.92 Å². The zero-order chi connectivity index (χ0) is 47.7. The molecule has 0 unspecified atom stereocenters. The second-order valence-corrected chi connectivity index (χ2v) is 23.2. The molecular weight excluding hydrogens is 849 g/mol. The summed E-state index contributed by atoms with van der Waals surface area (Å²) in [5.41, 5.74) is -1.17. The van der Waals surface area contributed by atoms with Crippen molar-refractivity contribution in [3.05, 3.63) is 11.6 Å². The van der Waals surface area contributed by atoms with Gasteiger partial charge in [-0.2, -0.15) is 0 Å². The Morgan fingerprint density at radius 1 is 0.631 bits per heavy atom. The third-order valence-corrected chi connectivity index (χ3v) is 19.7. The van der Waals surface area contributed by atoms with Gasteiger partial charge in [-0.15, -0.1) is 0 Å². The molecule has 3 aliphatic heterocycles. The number of aliphatic hydroxyl groups is 11. The fourth-order valence-electron chi connectivity index (χ4n) is 15.5. The van der Waals surface area contributed by atoms with Crippen LogP contribution in [0.5, 0.6) is 0 Å². The van der Waals surface area contributed by atoms with E-state index in [0.717, 1.165) is 25.7 Å². The van der Waals surface area contributed by atoms with Crippen LogP contribution in [0.2, 0.25) is 0 Å². The molecule has 11 N–H and O–H groups in total. The van der Waals surface area contributed by atoms with Crippen LogP contribution in [-0.4, -0.2) is 180 Å². The van der Waals surface area contributed by atoms with Gasteiger partial charge in [0.05, 0.1) is 43.7 Å². The maximum Gasteiger partial charge on any atom is 0.187 e. The van der Waals surface area contributed by atoms with Gasteiger partial charge in [0, 0.05) is 11.3 Å². The monoisotopic (exact) mass is 929 g/mol. The molecule has 4 saturated carbocycles. The summed E-state index contributed by atoms with van der Waals surface area (Å²) >= 11 is 0. The van der Waals surface area contributed by atoms with Crippen molar-refractivity contribution in [2.45, 2.75) is 218 Å². The lowest BCUT2D eigenvalue weighted by atomic mass is 9.32. The molecule has 0 radical (unpaired) electrons. The largest absolute Gasteiger partial charge is 0.396 e. The normalized spacial score (nSPS) is 57.8. The van der Waals surface area contributed by atoms with Crippen LogP contribution in [0.25, 0.3) is 0 Å². The van der Waals surface area contributed by atoms with E-state index < -0.39 is 133 Å². The van der Waals surface area contributed by atoms with E-state index in [1.807, 2.05) is 0 Å². The Bertz CT molecular complexity index is 1730. The first kappa shape index (κ1) is 50.4. The Hall–Kier alpha value is -0.940. The minimum Gasteiger partial charge on any atom is -0.396 e. The van der Waals surface area contributed by atoms with Gasteiger partial charge in [0.2, 0.25) is 0 Å². The summed E-state index contributed by atoms with van der Waals surface area (Å²) in [6, 6.07) is 0. The van der Waals surface area contributed by atoms with Crippen molar-refractivity contribution in [2.24, 2.45) is 56.7 Å². The van der Waals surface area contributed by atoms with Gasteiger partial charge >= 0.3 is 0 Å². The number of rotatable bonds is 8. The average Bonchev–Trinajstić information content (AvgIpc) is 3.24. The van der Waals surface area contributed by atoms with Crippen molar-refractivity contribution in [1.29, 1.82) is 0 Å². The van der Waals surface area contributed by atoms with E-state index in [0.29, 0.717) is 25.2 Å². The fraction of sp³-hybridized carbons (Fsp3) is 0.958. The minimum absolute atomic E-state index is 0.0363. The lowest BCUT2D eigenvalue weighted by molar-refractivity contribution is -0.396. The number of allylic oxidation sites excluding steroid dienone is 1. The van der Waals surface area contributed by atoms with Crippen LogP contribution < -0.4 is 0 Å². The summed E-state index contributed by atoms with van der Waals surface area (Å²) in [6.45, 7) is 17.9. The molecule has 27 atom stereocenters. The Morgan fingerprint density at radius 3 is 1.85 bits per heavy atom. The lowest BCUT2D eigenvalue weighted by Crippen LogP contribution is -2.70. The highest BCUT2D eigenvalue weighted by molar-refractivity contribution is 5.37. The number of ether oxygens (including phenoxy) is 6.